The molecule has 1 saturated carbocycles. The van der Waals surface area contributed by atoms with Crippen molar-refractivity contribution in [2.45, 2.75) is 51.2 Å². The molecule has 94 valence electrons. The Balaban J connectivity index is 1.67. The van der Waals surface area contributed by atoms with Crippen LogP contribution in [0.2, 0.25) is 0 Å². The molecule has 1 aromatic heterocycles. The molecule has 17 heavy (non-hydrogen) atoms. The average molecular weight is 236 g/mol. The highest BCUT2D eigenvalue weighted by atomic mass is 16.5. The van der Waals surface area contributed by atoms with Crippen LogP contribution in [0.15, 0.2) is 4.52 Å². The minimum absolute atomic E-state index is 0.523. The molecule has 1 N–H and O–H groups in total. The molecule has 1 aromatic rings. The molecule has 0 spiro atoms. The van der Waals surface area contributed by atoms with Crippen molar-refractivity contribution in [2.75, 3.05) is 13.1 Å². The molecular formula is C12H20N4O. The van der Waals surface area contributed by atoms with Crippen molar-refractivity contribution in [3.8, 4) is 0 Å². The van der Waals surface area contributed by atoms with E-state index in [4.69, 9.17) is 4.52 Å². The summed E-state index contributed by atoms with van der Waals surface area (Å²) < 4.78 is 5.34. The zero-order valence-electron chi connectivity index (χ0n) is 10.5. The number of piperazine rings is 1. The van der Waals surface area contributed by atoms with Gasteiger partial charge in [-0.15, -0.1) is 0 Å². The molecule has 3 rings (SSSR count). The van der Waals surface area contributed by atoms with Gasteiger partial charge in [0.15, 0.2) is 5.82 Å². The van der Waals surface area contributed by atoms with Gasteiger partial charge in [-0.3, -0.25) is 4.90 Å². The lowest BCUT2D eigenvalue weighted by molar-refractivity contribution is 0.0947. The average Bonchev–Trinajstić information content (AvgIpc) is 3.05. The lowest BCUT2D eigenvalue weighted by Gasteiger charge is -2.38. The first-order valence-corrected chi connectivity index (χ1v) is 6.53. The third-order valence-corrected chi connectivity index (χ3v) is 3.76. The summed E-state index contributed by atoms with van der Waals surface area (Å²) >= 11 is 0. The highest BCUT2D eigenvalue weighted by Gasteiger charge is 2.30. The molecule has 0 aromatic carbocycles. The van der Waals surface area contributed by atoms with E-state index in [-0.39, 0.29) is 0 Å². The molecular weight excluding hydrogens is 216 g/mol. The highest BCUT2D eigenvalue weighted by molar-refractivity contribution is 5.03. The van der Waals surface area contributed by atoms with E-state index in [2.05, 4.69) is 34.2 Å². The number of nitrogens with one attached hydrogen (secondary N) is 1. The van der Waals surface area contributed by atoms with Gasteiger partial charge in [0, 0.05) is 31.1 Å². The van der Waals surface area contributed by atoms with Gasteiger partial charge in [-0.25, -0.2) is 0 Å². The first-order valence-electron chi connectivity index (χ1n) is 6.53. The summed E-state index contributed by atoms with van der Waals surface area (Å²) in [7, 11) is 0. The second-order valence-electron chi connectivity index (χ2n) is 5.35. The zero-order chi connectivity index (χ0) is 11.8. The van der Waals surface area contributed by atoms with Crippen molar-refractivity contribution in [3.05, 3.63) is 11.7 Å². The van der Waals surface area contributed by atoms with Gasteiger partial charge in [-0.1, -0.05) is 5.16 Å². The van der Waals surface area contributed by atoms with Crippen LogP contribution in [0.3, 0.4) is 0 Å². The van der Waals surface area contributed by atoms with Crippen LogP contribution in [0.1, 0.15) is 44.3 Å². The topological polar surface area (TPSA) is 54.2 Å². The predicted molar refractivity (Wildman–Crippen MR) is 63.6 cm³/mol. The Bertz CT molecular complexity index is 378. The third-order valence-electron chi connectivity index (χ3n) is 3.76. The molecule has 2 fully saturated rings. The molecule has 1 aliphatic heterocycles. The zero-order valence-corrected chi connectivity index (χ0v) is 10.5. The maximum Gasteiger partial charge on any atom is 0.240 e. The molecule has 1 aliphatic carbocycles. The fourth-order valence-electron chi connectivity index (χ4n) is 2.48. The van der Waals surface area contributed by atoms with Crippen LogP contribution in [0, 0.1) is 0 Å². The van der Waals surface area contributed by atoms with Crippen LogP contribution in [0.5, 0.6) is 0 Å². The Morgan fingerprint density at radius 2 is 2.00 bits per heavy atom. The summed E-state index contributed by atoms with van der Waals surface area (Å²) in [6.07, 6.45) is 2.44. The van der Waals surface area contributed by atoms with Crippen LogP contribution in [0.4, 0.5) is 0 Å². The van der Waals surface area contributed by atoms with Crippen molar-refractivity contribution in [1.29, 1.82) is 0 Å². The van der Waals surface area contributed by atoms with Gasteiger partial charge in [-0.05, 0) is 26.7 Å². The summed E-state index contributed by atoms with van der Waals surface area (Å²) in [5, 5.41) is 7.49. The van der Waals surface area contributed by atoms with Gasteiger partial charge in [-0.2, -0.15) is 4.98 Å². The molecule has 2 atom stereocenters. The second-order valence-corrected chi connectivity index (χ2v) is 5.35. The SMILES string of the molecule is CC1CNCC(C)N1Cc1nc(C2CC2)no1. The minimum Gasteiger partial charge on any atom is -0.338 e. The van der Waals surface area contributed by atoms with Crippen LogP contribution >= 0.6 is 0 Å². The molecule has 5 heteroatoms. The van der Waals surface area contributed by atoms with Gasteiger partial charge < -0.3 is 9.84 Å². The van der Waals surface area contributed by atoms with Crippen LogP contribution in [-0.4, -0.2) is 40.2 Å². The number of nitrogens with zero attached hydrogens (tertiary/aromatic N) is 3. The maximum atomic E-state index is 5.34. The van der Waals surface area contributed by atoms with Crippen molar-refractivity contribution in [3.63, 3.8) is 0 Å². The molecule has 5 nitrogen and oxygen atoms in total. The van der Waals surface area contributed by atoms with Crippen molar-refractivity contribution >= 4 is 0 Å². The standard InChI is InChI=1S/C12H20N4O/c1-8-5-13-6-9(2)16(8)7-11-14-12(15-17-11)10-3-4-10/h8-10,13H,3-7H2,1-2H3. The molecule has 2 aliphatic rings. The van der Waals surface area contributed by atoms with E-state index in [1.807, 2.05) is 0 Å². The van der Waals surface area contributed by atoms with Gasteiger partial charge in [0.25, 0.3) is 0 Å². The smallest absolute Gasteiger partial charge is 0.240 e. The molecule has 2 heterocycles. The monoisotopic (exact) mass is 236 g/mol. The summed E-state index contributed by atoms with van der Waals surface area (Å²) in [5.74, 6) is 2.26. The Hall–Kier alpha value is -0.940. The first-order chi connectivity index (χ1) is 8.24. The summed E-state index contributed by atoms with van der Waals surface area (Å²) in [4.78, 5) is 6.93. The first kappa shape index (κ1) is 11.2. The Morgan fingerprint density at radius 3 is 2.65 bits per heavy atom. The van der Waals surface area contributed by atoms with E-state index < -0.39 is 0 Å². The van der Waals surface area contributed by atoms with Crippen molar-refractivity contribution in [2.24, 2.45) is 0 Å². The van der Waals surface area contributed by atoms with E-state index in [0.29, 0.717) is 18.0 Å². The number of aromatic nitrogens is 2. The van der Waals surface area contributed by atoms with Crippen LogP contribution in [0.25, 0.3) is 0 Å². The lowest BCUT2D eigenvalue weighted by atomic mass is 10.1. The van der Waals surface area contributed by atoms with Gasteiger partial charge in [0.05, 0.1) is 6.54 Å². The lowest BCUT2D eigenvalue weighted by Crippen LogP contribution is -2.54. The normalized spacial score (nSPS) is 30.7. The molecule has 0 bridgehead atoms. The number of hydrogen-bond donors (Lipinski definition) is 1. The molecule has 1 saturated heterocycles. The third kappa shape index (κ3) is 2.35. The van der Waals surface area contributed by atoms with Crippen molar-refractivity contribution in [1.82, 2.24) is 20.4 Å². The van der Waals surface area contributed by atoms with Crippen LogP contribution in [-0.2, 0) is 6.54 Å². The quantitative estimate of drug-likeness (QED) is 0.852. The molecule has 0 amide bonds. The summed E-state index contributed by atoms with van der Waals surface area (Å²) in [6, 6.07) is 1.05. The Labute approximate surface area is 102 Å². The van der Waals surface area contributed by atoms with Gasteiger partial charge in [0.2, 0.25) is 5.89 Å². The van der Waals surface area contributed by atoms with E-state index in [9.17, 15) is 0 Å². The van der Waals surface area contributed by atoms with E-state index in [1.54, 1.807) is 0 Å². The Morgan fingerprint density at radius 1 is 1.29 bits per heavy atom. The van der Waals surface area contributed by atoms with E-state index in [1.165, 1.54) is 12.8 Å². The number of hydrogen-bond acceptors (Lipinski definition) is 5. The highest BCUT2D eigenvalue weighted by Crippen LogP contribution is 2.38. The summed E-state index contributed by atoms with van der Waals surface area (Å²) in [6.45, 7) is 7.33. The molecule has 0 radical (unpaired) electrons. The van der Waals surface area contributed by atoms with Gasteiger partial charge >= 0.3 is 0 Å². The number of rotatable bonds is 3. The van der Waals surface area contributed by atoms with Crippen LogP contribution < -0.4 is 5.32 Å². The summed E-state index contributed by atoms with van der Waals surface area (Å²) in [5.41, 5.74) is 0. The molecule has 2 unspecified atom stereocenters. The van der Waals surface area contributed by atoms with Gasteiger partial charge in [0.1, 0.15) is 0 Å². The fraction of sp³-hybridized carbons (Fsp3) is 0.833. The largest absolute Gasteiger partial charge is 0.338 e. The van der Waals surface area contributed by atoms with Crippen molar-refractivity contribution < 1.29 is 4.52 Å². The maximum absolute atomic E-state index is 5.34. The Kier molecular flexibility index (Phi) is 2.88. The van der Waals surface area contributed by atoms with E-state index >= 15 is 0 Å². The predicted octanol–water partition coefficient (Wildman–Crippen LogP) is 1.13. The minimum atomic E-state index is 0.523. The van der Waals surface area contributed by atoms with E-state index in [0.717, 1.165) is 31.3 Å². The second kappa shape index (κ2) is 4.38. The fourth-order valence-corrected chi connectivity index (χ4v) is 2.48.